The summed E-state index contributed by atoms with van der Waals surface area (Å²) in [6.07, 6.45) is 0.518. The number of carbonyl (C=O) groups is 2. The summed E-state index contributed by atoms with van der Waals surface area (Å²) in [6, 6.07) is 6.73. The Bertz CT molecular complexity index is 337. The lowest BCUT2D eigenvalue weighted by Crippen LogP contribution is -2.18. The second-order valence-corrected chi connectivity index (χ2v) is 2.59. The predicted molar refractivity (Wildman–Crippen MR) is 54.8 cm³/mol. The second-order valence-electron chi connectivity index (χ2n) is 2.59. The van der Waals surface area contributed by atoms with E-state index in [1.165, 1.54) is 0 Å². The lowest BCUT2D eigenvalue weighted by Gasteiger charge is -2.06. The largest absolute Gasteiger partial charge is 0.480 e. The van der Waals surface area contributed by atoms with E-state index in [0.717, 1.165) is 6.54 Å². The molecule has 79 valence electrons. The van der Waals surface area contributed by atoms with Gasteiger partial charge in [0.25, 0.3) is 0 Å². The SMILES string of the molecule is O=CNNc1ccc(N[CH]C(=O)O)cc1. The van der Waals surface area contributed by atoms with Crippen molar-refractivity contribution in [3.05, 3.63) is 30.8 Å². The molecule has 0 bridgehead atoms. The van der Waals surface area contributed by atoms with Gasteiger partial charge in [-0.05, 0) is 24.3 Å². The lowest BCUT2D eigenvalue weighted by atomic mass is 10.3. The first-order valence-electron chi connectivity index (χ1n) is 4.10. The van der Waals surface area contributed by atoms with E-state index >= 15 is 0 Å². The number of rotatable bonds is 6. The van der Waals surface area contributed by atoms with Gasteiger partial charge in [0.2, 0.25) is 6.41 Å². The van der Waals surface area contributed by atoms with Gasteiger partial charge < -0.3 is 10.4 Å². The number of hydrazine groups is 1. The third-order valence-electron chi connectivity index (χ3n) is 1.52. The summed E-state index contributed by atoms with van der Waals surface area (Å²) in [5.74, 6) is -1.04. The van der Waals surface area contributed by atoms with Gasteiger partial charge in [-0.1, -0.05) is 0 Å². The maximum absolute atomic E-state index is 10.2. The molecule has 1 aromatic rings. The Morgan fingerprint density at radius 2 is 1.80 bits per heavy atom. The van der Waals surface area contributed by atoms with Crippen molar-refractivity contribution in [2.24, 2.45) is 0 Å². The number of benzene rings is 1. The van der Waals surface area contributed by atoms with E-state index in [2.05, 4.69) is 16.2 Å². The molecule has 0 saturated carbocycles. The maximum atomic E-state index is 10.2. The minimum absolute atomic E-state index is 0.518. The van der Waals surface area contributed by atoms with Crippen LogP contribution in [0.1, 0.15) is 0 Å². The topological polar surface area (TPSA) is 90.5 Å². The van der Waals surface area contributed by atoms with E-state index in [0.29, 0.717) is 17.8 Å². The Balaban J connectivity index is 2.48. The number of carboxylic acid groups (broad SMARTS) is 1. The molecule has 0 spiro atoms. The number of anilines is 2. The smallest absolute Gasteiger partial charge is 0.328 e. The third kappa shape index (κ3) is 3.99. The summed E-state index contributed by atoms with van der Waals surface area (Å²) in [7, 11) is 0. The molecule has 1 rings (SSSR count). The van der Waals surface area contributed by atoms with Crippen molar-refractivity contribution in [1.82, 2.24) is 5.43 Å². The number of hydrogen-bond acceptors (Lipinski definition) is 4. The van der Waals surface area contributed by atoms with Crippen LogP contribution in [0.2, 0.25) is 0 Å². The number of hydrogen-bond donors (Lipinski definition) is 4. The Hall–Kier alpha value is -2.24. The molecule has 1 aromatic carbocycles. The molecule has 0 saturated heterocycles. The molecular formula is C9H10N3O3. The first kappa shape index (κ1) is 10.8. The van der Waals surface area contributed by atoms with Crippen LogP contribution in [0.5, 0.6) is 0 Å². The van der Waals surface area contributed by atoms with Gasteiger partial charge in [-0.25, -0.2) is 4.79 Å². The summed E-state index contributed by atoms with van der Waals surface area (Å²) in [4.78, 5) is 20.2. The van der Waals surface area contributed by atoms with Crippen molar-refractivity contribution in [2.45, 2.75) is 0 Å². The van der Waals surface area contributed by atoms with Crippen LogP contribution in [0.15, 0.2) is 24.3 Å². The molecule has 6 nitrogen and oxygen atoms in total. The molecule has 0 aliphatic rings. The van der Waals surface area contributed by atoms with Crippen molar-refractivity contribution >= 4 is 23.8 Å². The van der Waals surface area contributed by atoms with Crippen LogP contribution in [-0.2, 0) is 9.59 Å². The molecule has 0 aliphatic heterocycles. The van der Waals surface area contributed by atoms with E-state index < -0.39 is 5.97 Å². The fraction of sp³-hybridized carbons (Fsp3) is 0. The molecule has 0 aromatic heterocycles. The first-order valence-corrected chi connectivity index (χ1v) is 4.10. The number of aliphatic carboxylic acids is 1. The highest BCUT2D eigenvalue weighted by molar-refractivity contribution is 5.80. The van der Waals surface area contributed by atoms with E-state index in [9.17, 15) is 9.59 Å². The molecular weight excluding hydrogens is 198 g/mol. The van der Waals surface area contributed by atoms with Gasteiger partial charge in [-0.3, -0.25) is 15.6 Å². The van der Waals surface area contributed by atoms with Crippen LogP contribution in [0.3, 0.4) is 0 Å². The van der Waals surface area contributed by atoms with Crippen molar-refractivity contribution < 1.29 is 14.7 Å². The van der Waals surface area contributed by atoms with Crippen LogP contribution < -0.4 is 16.2 Å². The highest BCUT2D eigenvalue weighted by Gasteiger charge is 1.97. The van der Waals surface area contributed by atoms with Gasteiger partial charge in [-0.2, -0.15) is 0 Å². The lowest BCUT2D eigenvalue weighted by molar-refractivity contribution is -0.132. The number of amides is 1. The quantitative estimate of drug-likeness (QED) is 0.401. The molecule has 0 aliphatic carbocycles. The maximum Gasteiger partial charge on any atom is 0.328 e. The van der Waals surface area contributed by atoms with Crippen LogP contribution >= 0.6 is 0 Å². The molecule has 0 atom stereocenters. The minimum Gasteiger partial charge on any atom is -0.480 e. The van der Waals surface area contributed by atoms with Gasteiger partial charge in [-0.15, -0.1) is 0 Å². The van der Waals surface area contributed by atoms with Gasteiger partial charge in [0.05, 0.1) is 5.69 Å². The normalized spacial score (nSPS) is 9.07. The zero-order valence-electron chi connectivity index (χ0n) is 7.73. The van der Waals surface area contributed by atoms with E-state index in [1.54, 1.807) is 24.3 Å². The molecule has 15 heavy (non-hydrogen) atoms. The van der Waals surface area contributed by atoms with E-state index in [-0.39, 0.29) is 0 Å². The second kappa shape index (κ2) is 5.48. The molecule has 6 heteroatoms. The third-order valence-corrected chi connectivity index (χ3v) is 1.52. The molecule has 1 amide bonds. The van der Waals surface area contributed by atoms with Crippen LogP contribution in [0.25, 0.3) is 0 Å². The molecule has 0 unspecified atom stereocenters. The molecule has 1 radical (unpaired) electrons. The Morgan fingerprint density at radius 3 is 2.33 bits per heavy atom. The minimum atomic E-state index is -1.04. The van der Waals surface area contributed by atoms with Gasteiger partial charge >= 0.3 is 5.97 Å². The number of carbonyl (C=O) groups excluding carboxylic acids is 1. The Labute approximate surface area is 86.3 Å². The van der Waals surface area contributed by atoms with E-state index in [4.69, 9.17) is 5.11 Å². The van der Waals surface area contributed by atoms with Crippen molar-refractivity contribution in [3.8, 4) is 0 Å². The predicted octanol–water partition coefficient (Wildman–Crippen LogP) is 0.418. The summed E-state index contributed by atoms with van der Waals surface area (Å²) in [5, 5.41) is 11.0. The van der Waals surface area contributed by atoms with Crippen molar-refractivity contribution in [1.29, 1.82) is 0 Å². The Morgan fingerprint density at radius 1 is 1.20 bits per heavy atom. The molecule has 0 heterocycles. The fourth-order valence-corrected chi connectivity index (χ4v) is 0.908. The average molecular weight is 208 g/mol. The zero-order chi connectivity index (χ0) is 11.1. The summed E-state index contributed by atoms with van der Waals surface area (Å²) in [5.41, 5.74) is 6.24. The number of nitrogens with one attached hydrogen (secondary N) is 3. The first-order chi connectivity index (χ1) is 7.22. The van der Waals surface area contributed by atoms with Gasteiger partial charge in [0, 0.05) is 5.69 Å². The van der Waals surface area contributed by atoms with Crippen LogP contribution in [0.4, 0.5) is 11.4 Å². The van der Waals surface area contributed by atoms with Crippen LogP contribution in [0, 0.1) is 6.54 Å². The van der Waals surface area contributed by atoms with Gasteiger partial charge in [0.1, 0.15) is 0 Å². The summed E-state index contributed by atoms with van der Waals surface area (Å²) in [6.45, 7) is 0.937. The molecule has 4 N–H and O–H groups in total. The fourth-order valence-electron chi connectivity index (χ4n) is 0.908. The zero-order valence-corrected chi connectivity index (χ0v) is 7.73. The molecule has 0 fully saturated rings. The van der Waals surface area contributed by atoms with E-state index in [1.807, 2.05) is 0 Å². The summed E-state index contributed by atoms with van der Waals surface area (Å²) < 4.78 is 0. The summed E-state index contributed by atoms with van der Waals surface area (Å²) >= 11 is 0. The van der Waals surface area contributed by atoms with Gasteiger partial charge in [0.15, 0.2) is 6.54 Å². The van der Waals surface area contributed by atoms with Crippen molar-refractivity contribution in [3.63, 3.8) is 0 Å². The monoisotopic (exact) mass is 208 g/mol. The number of carboxylic acids is 1. The van der Waals surface area contributed by atoms with Crippen LogP contribution in [-0.4, -0.2) is 17.5 Å². The standard InChI is InChI=1S/C9H10N3O3/c13-6-11-12-8-3-1-7(2-4-8)10-5-9(14)15/h1-6,10,12H,(H,11,13)(H,14,15). The highest BCUT2D eigenvalue weighted by atomic mass is 16.4. The van der Waals surface area contributed by atoms with Crippen molar-refractivity contribution in [2.75, 3.05) is 10.7 Å². The Kier molecular flexibility index (Phi) is 3.96. The highest BCUT2D eigenvalue weighted by Crippen LogP contribution is 2.12. The average Bonchev–Trinajstić information content (AvgIpc) is 2.25.